The van der Waals surface area contributed by atoms with Crippen LogP contribution in [0, 0.1) is 5.92 Å². The molecular formula is C25H25ClN6O2. The molecule has 2 saturated carbocycles. The van der Waals surface area contributed by atoms with Crippen molar-refractivity contribution >= 4 is 52.2 Å². The second kappa shape index (κ2) is 9.69. The van der Waals surface area contributed by atoms with E-state index >= 15 is 0 Å². The van der Waals surface area contributed by atoms with Crippen LogP contribution >= 0.6 is 11.6 Å². The molecule has 8 nitrogen and oxygen atoms in total. The molecule has 4 N–H and O–H groups in total. The third-order valence-corrected chi connectivity index (χ3v) is 6.25. The SMILES string of the molecule is O=C(NC1CCC1)c1ccc(Nc2ncc(Cl)c(Nc3ccccc3NC(=O)C3CC3)n2)cc1. The summed E-state index contributed by atoms with van der Waals surface area (Å²) >= 11 is 6.33. The second-order valence-corrected chi connectivity index (χ2v) is 9.04. The molecule has 3 aromatic rings. The number of aromatic nitrogens is 2. The van der Waals surface area contributed by atoms with Gasteiger partial charge in [-0.2, -0.15) is 4.98 Å². The Hall–Kier alpha value is -3.65. The van der Waals surface area contributed by atoms with E-state index in [0.717, 1.165) is 31.4 Å². The lowest BCUT2D eigenvalue weighted by molar-refractivity contribution is -0.117. The van der Waals surface area contributed by atoms with Gasteiger partial charge in [0.2, 0.25) is 11.9 Å². The van der Waals surface area contributed by atoms with E-state index in [1.165, 1.54) is 12.6 Å². The van der Waals surface area contributed by atoms with Crippen LogP contribution in [0.5, 0.6) is 0 Å². The molecule has 1 aromatic heterocycles. The quantitative estimate of drug-likeness (QED) is 0.353. The molecule has 0 aliphatic heterocycles. The van der Waals surface area contributed by atoms with Crippen molar-refractivity contribution in [2.24, 2.45) is 5.92 Å². The van der Waals surface area contributed by atoms with Crippen LogP contribution in [0.1, 0.15) is 42.5 Å². The summed E-state index contributed by atoms with van der Waals surface area (Å²) in [4.78, 5) is 33.3. The number of anilines is 5. The minimum Gasteiger partial charge on any atom is -0.349 e. The fraction of sp³-hybridized carbons (Fsp3) is 0.280. The fourth-order valence-corrected chi connectivity index (χ4v) is 3.72. The average Bonchev–Trinajstić information content (AvgIpc) is 3.66. The number of para-hydroxylation sites is 2. The standard InChI is InChI=1S/C25H25ClN6O2/c26-19-14-27-25(29-18-12-10-16(11-13-18)23(33)28-17-4-3-5-17)32-22(19)30-20-6-1-2-7-21(20)31-24(34)15-8-9-15/h1-2,6-7,10-15,17H,3-5,8-9H2,(H,28,33)(H,31,34)(H2,27,29,30,32). The monoisotopic (exact) mass is 476 g/mol. The molecule has 1 heterocycles. The third kappa shape index (κ3) is 5.28. The minimum absolute atomic E-state index is 0.0233. The Kier molecular flexibility index (Phi) is 6.31. The summed E-state index contributed by atoms with van der Waals surface area (Å²) in [5.41, 5.74) is 2.71. The maximum Gasteiger partial charge on any atom is 0.251 e. The Morgan fingerprint density at radius 2 is 1.65 bits per heavy atom. The summed E-state index contributed by atoms with van der Waals surface area (Å²) in [7, 11) is 0. The number of rotatable bonds is 8. The highest BCUT2D eigenvalue weighted by atomic mass is 35.5. The van der Waals surface area contributed by atoms with Crippen LogP contribution < -0.4 is 21.3 Å². The average molecular weight is 477 g/mol. The van der Waals surface area contributed by atoms with E-state index in [4.69, 9.17) is 11.6 Å². The number of carbonyl (C=O) groups excluding carboxylic acids is 2. The highest BCUT2D eigenvalue weighted by Crippen LogP contribution is 2.33. The summed E-state index contributed by atoms with van der Waals surface area (Å²) in [5.74, 6) is 0.817. The molecular weight excluding hydrogens is 452 g/mol. The predicted molar refractivity (Wildman–Crippen MR) is 133 cm³/mol. The van der Waals surface area contributed by atoms with Gasteiger partial charge in [0.05, 0.1) is 17.6 Å². The van der Waals surface area contributed by atoms with Gasteiger partial charge in [0, 0.05) is 23.2 Å². The van der Waals surface area contributed by atoms with Gasteiger partial charge in [-0.1, -0.05) is 23.7 Å². The van der Waals surface area contributed by atoms with Crippen LogP contribution in [0.25, 0.3) is 0 Å². The maximum atomic E-state index is 12.3. The van der Waals surface area contributed by atoms with Crippen LogP contribution in [0.15, 0.2) is 54.7 Å². The van der Waals surface area contributed by atoms with Crippen molar-refractivity contribution in [2.75, 3.05) is 16.0 Å². The van der Waals surface area contributed by atoms with Gasteiger partial charge in [-0.25, -0.2) is 4.98 Å². The topological polar surface area (TPSA) is 108 Å². The Morgan fingerprint density at radius 1 is 0.912 bits per heavy atom. The van der Waals surface area contributed by atoms with Crippen LogP contribution in [-0.2, 0) is 4.79 Å². The molecule has 0 unspecified atom stereocenters. The van der Waals surface area contributed by atoms with E-state index in [9.17, 15) is 9.59 Å². The number of nitrogens with one attached hydrogen (secondary N) is 4. The molecule has 2 aromatic carbocycles. The summed E-state index contributed by atoms with van der Waals surface area (Å²) in [6, 6.07) is 14.9. The Balaban J connectivity index is 1.27. The molecule has 34 heavy (non-hydrogen) atoms. The molecule has 2 aliphatic carbocycles. The van der Waals surface area contributed by atoms with Crippen molar-refractivity contribution < 1.29 is 9.59 Å². The van der Waals surface area contributed by atoms with Crippen molar-refractivity contribution in [1.29, 1.82) is 0 Å². The first-order chi connectivity index (χ1) is 16.5. The summed E-state index contributed by atoms with van der Waals surface area (Å²) < 4.78 is 0. The first-order valence-electron chi connectivity index (χ1n) is 11.4. The molecule has 2 amide bonds. The lowest BCUT2D eigenvalue weighted by atomic mass is 9.93. The Morgan fingerprint density at radius 3 is 2.32 bits per heavy atom. The maximum absolute atomic E-state index is 12.3. The third-order valence-electron chi connectivity index (χ3n) is 5.97. The molecule has 0 spiro atoms. The van der Waals surface area contributed by atoms with Crippen LogP contribution in [0.2, 0.25) is 5.02 Å². The Bertz CT molecular complexity index is 1210. The lowest BCUT2D eigenvalue weighted by Gasteiger charge is -2.26. The van der Waals surface area contributed by atoms with Crippen molar-refractivity contribution in [3.63, 3.8) is 0 Å². The van der Waals surface area contributed by atoms with E-state index < -0.39 is 0 Å². The zero-order valence-corrected chi connectivity index (χ0v) is 19.2. The molecule has 0 atom stereocenters. The summed E-state index contributed by atoms with van der Waals surface area (Å²) in [6.45, 7) is 0. The predicted octanol–water partition coefficient (Wildman–Crippen LogP) is 5.25. The molecule has 0 bridgehead atoms. The number of halogens is 1. The van der Waals surface area contributed by atoms with Crippen molar-refractivity contribution in [3.8, 4) is 0 Å². The fourth-order valence-electron chi connectivity index (χ4n) is 3.58. The highest BCUT2D eigenvalue weighted by molar-refractivity contribution is 6.33. The van der Waals surface area contributed by atoms with Crippen molar-refractivity contribution in [2.45, 2.75) is 38.1 Å². The number of carbonyl (C=O) groups is 2. The van der Waals surface area contributed by atoms with Gasteiger partial charge >= 0.3 is 0 Å². The normalized spacial score (nSPS) is 15.2. The molecule has 0 saturated heterocycles. The number of benzene rings is 2. The lowest BCUT2D eigenvalue weighted by Crippen LogP contribution is -2.39. The van der Waals surface area contributed by atoms with Gasteiger partial charge in [0.1, 0.15) is 5.02 Å². The smallest absolute Gasteiger partial charge is 0.251 e. The summed E-state index contributed by atoms with van der Waals surface area (Å²) in [5, 5.41) is 12.7. The van der Waals surface area contributed by atoms with Gasteiger partial charge < -0.3 is 21.3 Å². The van der Waals surface area contributed by atoms with E-state index in [1.807, 2.05) is 36.4 Å². The number of nitrogens with zero attached hydrogens (tertiary/aromatic N) is 2. The van der Waals surface area contributed by atoms with Gasteiger partial charge in [-0.15, -0.1) is 0 Å². The number of hydrogen-bond donors (Lipinski definition) is 4. The van der Waals surface area contributed by atoms with Crippen LogP contribution in [-0.4, -0.2) is 27.8 Å². The first kappa shape index (κ1) is 22.2. The molecule has 5 rings (SSSR count). The van der Waals surface area contributed by atoms with Crippen molar-refractivity contribution in [1.82, 2.24) is 15.3 Å². The first-order valence-corrected chi connectivity index (χ1v) is 11.8. The van der Waals surface area contributed by atoms with E-state index in [2.05, 4.69) is 31.2 Å². The molecule has 2 fully saturated rings. The summed E-state index contributed by atoms with van der Waals surface area (Å²) in [6.07, 6.45) is 6.64. The van der Waals surface area contributed by atoms with Gasteiger partial charge in [0.15, 0.2) is 5.82 Å². The molecule has 2 aliphatic rings. The van der Waals surface area contributed by atoms with Gasteiger partial charge in [-0.3, -0.25) is 9.59 Å². The highest BCUT2D eigenvalue weighted by Gasteiger charge is 2.30. The zero-order chi connectivity index (χ0) is 23.5. The molecule has 0 radical (unpaired) electrons. The largest absolute Gasteiger partial charge is 0.349 e. The van der Waals surface area contributed by atoms with Crippen molar-refractivity contribution in [3.05, 3.63) is 65.3 Å². The second-order valence-electron chi connectivity index (χ2n) is 8.63. The molecule has 9 heteroatoms. The van der Waals surface area contributed by atoms with E-state index in [0.29, 0.717) is 39.8 Å². The minimum atomic E-state index is -0.0575. The number of hydrogen-bond acceptors (Lipinski definition) is 6. The zero-order valence-electron chi connectivity index (χ0n) is 18.5. The number of amides is 2. The van der Waals surface area contributed by atoms with E-state index in [1.54, 1.807) is 12.1 Å². The Labute approximate surface area is 202 Å². The van der Waals surface area contributed by atoms with E-state index in [-0.39, 0.29) is 17.7 Å². The van der Waals surface area contributed by atoms with Gasteiger partial charge in [0.25, 0.3) is 5.91 Å². The van der Waals surface area contributed by atoms with Gasteiger partial charge in [-0.05, 0) is 68.5 Å². The van der Waals surface area contributed by atoms with Crippen LogP contribution in [0.4, 0.5) is 28.8 Å². The van der Waals surface area contributed by atoms with Crippen LogP contribution in [0.3, 0.4) is 0 Å². The molecule has 174 valence electrons.